The van der Waals surface area contributed by atoms with Gasteiger partial charge in [-0.3, -0.25) is 9.59 Å². The van der Waals surface area contributed by atoms with Gasteiger partial charge in [-0.15, -0.1) is 0 Å². The fourth-order valence-corrected chi connectivity index (χ4v) is 2.74. The average molecular weight is 294 g/mol. The molecule has 1 N–H and O–H groups in total. The van der Waals surface area contributed by atoms with Gasteiger partial charge in [0.15, 0.2) is 11.6 Å². The van der Waals surface area contributed by atoms with E-state index in [1.807, 2.05) is 0 Å². The van der Waals surface area contributed by atoms with Crippen LogP contribution in [0.25, 0.3) is 0 Å². The highest BCUT2D eigenvalue weighted by atomic mass is 19.2. The zero-order valence-corrected chi connectivity index (χ0v) is 11.4. The Morgan fingerprint density at radius 1 is 1.10 bits per heavy atom. The van der Waals surface area contributed by atoms with Crippen LogP contribution in [0.1, 0.15) is 19.3 Å². The van der Waals surface area contributed by atoms with E-state index in [9.17, 15) is 18.4 Å². The van der Waals surface area contributed by atoms with Crippen LogP contribution in [-0.2, 0) is 9.59 Å². The molecule has 1 saturated carbocycles. The number of carbonyl (C=O) groups excluding carboxylic acids is 2. The minimum Gasteiger partial charge on any atom is -0.342 e. The van der Waals surface area contributed by atoms with Gasteiger partial charge in [-0.25, -0.2) is 8.78 Å². The Kier molecular flexibility index (Phi) is 3.61. The summed E-state index contributed by atoms with van der Waals surface area (Å²) in [5.41, 5.74) is 0.207. The van der Waals surface area contributed by atoms with Crippen molar-refractivity contribution in [3.63, 3.8) is 0 Å². The Hall–Kier alpha value is -1.98. The molecule has 2 fully saturated rings. The molecule has 0 bridgehead atoms. The lowest BCUT2D eigenvalue weighted by Gasteiger charge is -2.14. The van der Waals surface area contributed by atoms with Crippen LogP contribution >= 0.6 is 0 Å². The zero-order valence-electron chi connectivity index (χ0n) is 11.4. The van der Waals surface area contributed by atoms with Gasteiger partial charge in [0.1, 0.15) is 0 Å². The Bertz CT molecular complexity index is 585. The Morgan fingerprint density at radius 2 is 1.81 bits per heavy atom. The van der Waals surface area contributed by atoms with Crippen LogP contribution in [-0.4, -0.2) is 29.8 Å². The second kappa shape index (κ2) is 5.42. The van der Waals surface area contributed by atoms with Gasteiger partial charge in [0, 0.05) is 24.8 Å². The molecule has 1 heterocycles. The van der Waals surface area contributed by atoms with E-state index in [2.05, 4.69) is 5.32 Å². The van der Waals surface area contributed by atoms with Gasteiger partial charge in [-0.1, -0.05) is 0 Å². The van der Waals surface area contributed by atoms with Crippen LogP contribution in [0.3, 0.4) is 0 Å². The maximum Gasteiger partial charge on any atom is 0.228 e. The number of hydrogen-bond acceptors (Lipinski definition) is 2. The molecule has 4 nitrogen and oxygen atoms in total. The monoisotopic (exact) mass is 294 g/mol. The lowest BCUT2D eigenvalue weighted by atomic mass is 10.2. The predicted octanol–water partition coefficient (Wildman–Crippen LogP) is 2.16. The molecule has 3 rings (SSSR count). The minimum atomic E-state index is -1.01. The van der Waals surface area contributed by atoms with Crippen LogP contribution in [0.2, 0.25) is 0 Å². The quantitative estimate of drug-likeness (QED) is 0.928. The number of nitrogens with one attached hydrogen (secondary N) is 1. The van der Waals surface area contributed by atoms with Crippen molar-refractivity contribution >= 4 is 17.5 Å². The zero-order chi connectivity index (χ0) is 15.0. The van der Waals surface area contributed by atoms with Crippen LogP contribution in [0, 0.1) is 23.5 Å². The number of halogens is 2. The highest BCUT2D eigenvalue weighted by molar-refractivity contribution is 5.99. The second-order valence-electron chi connectivity index (χ2n) is 5.60. The van der Waals surface area contributed by atoms with E-state index in [4.69, 9.17) is 0 Å². The lowest BCUT2D eigenvalue weighted by Crippen LogP contribution is -2.30. The van der Waals surface area contributed by atoms with Gasteiger partial charge in [-0.2, -0.15) is 0 Å². The molecule has 1 aliphatic carbocycles. The molecule has 6 heteroatoms. The SMILES string of the molecule is O=C(Nc1ccc(F)c(F)c1)C1CC1C(=O)N1CCCC1. The first-order chi connectivity index (χ1) is 10.1. The number of anilines is 1. The number of rotatable bonds is 3. The summed E-state index contributed by atoms with van der Waals surface area (Å²) in [6.45, 7) is 1.54. The molecular formula is C15H16F2N2O2. The fraction of sp³-hybridized carbons (Fsp3) is 0.467. The largest absolute Gasteiger partial charge is 0.342 e. The summed E-state index contributed by atoms with van der Waals surface area (Å²) >= 11 is 0. The van der Waals surface area contributed by atoms with E-state index in [1.165, 1.54) is 6.07 Å². The molecule has 0 spiro atoms. The van der Waals surface area contributed by atoms with Crippen LogP contribution < -0.4 is 5.32 Å². The molecule has 1 saturated heterocycles. The number of carbonyl (C=O) groups is 2. The third-order valence-electron chi connectivity index (χ3n) is 4.05. The lowest BCUT2D eigenvalue weighted by molar-refractivity contribution is -0.133. The second-order valence-corrected chi connectivity index (χ2v) is 5.60. The molecule has 1 aliphatic heterocycles. The predicted molar refractivity (Wildman–Crippen MR) is 72.4 cm³/mol. The number of amides is 2. The van der Waals surface area contributed by atoms with Gasteiger partial charge in [0.05, 0.1) is 11.8 Å². The van der Waals surface area contributed by atoms with Crippen LogP contribution in [0.4, 0.5) is 14.5 Å². The van der Waals surface area contributed by atoms with Gasteiger partial charge in [0.2, 0.25) is 11.8 Å². The van der Waals surface area contributed by atoms with E-state index in [1.54, 1.807) is 4.90 Å². The standard InChI is InChI=1S/C15H16F2N2O2/c16-12-4-3-9(7-13(12)17)18-14(20)10-8-11(10)15(21)19-5-1-2-6-19/h3-4,7,10-11H,1-2,5-6,8H2,(H,18,20). The third kappa shape index (κ3) is 2.89. The summed E-state index contributed by atoms with van der Waals surface area (Å²) in [4.78, 5) is 25.9. The fourth-order valence-electron chi connectivity index (χ4n) is 2.74. The highest BCUT2D eigenvalue weighted by Gasteiger charge is 2.49. The molecule has 2 amide bonds. The molecule has 0 radical (unpaired) electrons. The first-order valence-electron chi connectivity index (χ1n) is 7.11. The normalized spacial score (nSPS) is 24.0. The maximum absolute atomic E-state index is 13.1. The number of benzene rings is 1. The maximum atomic E-state index is 13.1. The van der Waals surface area contributed by atoms with Crippen LogP contribution in [0.15, 0.2) is 18.2 Å². The first kappa shape index (κ1) is 14.0. The van der Waals surface area contributed by atoms with Crippen molar-refractivity contribution in [2.75, 3.05) is 18.4 Å². The Morgan fingerprint density at radius 3 is 2.48 bits per heavy atom. The molecular weight excluding hydrogens is 278 g/mol. The summed E-state index contributed by atoms with van der Waals surface area (Å²) in [6.07, 6.45) is 2.57. The van der Waals surface area contributed by atoms with E-state index in [0.29, 0.717) is 6.42 Å². The van der Waals surface area contributed by atoms with Crippen LogP contribution in [0.5, 0.6) is 0 Å². The molecule has 2 aliphatic rings. The number of nitrogens with zero attached hydrogens (tertiary/aromatic N) is 1. The van der Waals surface area contributed by atoms with Crippen molar-refractivity contribution < 1.29 is 18.4 Å². The smallest absolute Gasteiger partial charge is 0.228 e. The topological polar surface area (TPSA) is 49.4 Å². The summed E-state index contributed by atoms with van der Waals surface area (Å²) in [5.74, 6) is -2.84. The summed E-state index contributed by atoms with van der Waals surface area (Å²) in [5, 5.41) is 2.53. The van der Waals surface area contributed by atoms with Crippen molar-refractivity contribution in [1.82, 2.24) is 4.90 Å². The summed E-state index contributed by atoms with van der Waals surface area (Å²) in [6, 6.07) is 3.20. The van der Waals surface area contributed by atoms with E-state index >= 15 is 0 Å². The molecule has 112 valence electrons. The van der Waals surface area contributed by atoms with Gasteiger partial charge in [-0.05, 0) is 31.4 Å². The average Bonchev–Trinajstić information content (AvgIpc) is 3.08. The van der Waals surface area contributed by atoms with E-state index < -0.39 is 11.6 Å². The summed E-state index contributed by atoms with van der Waals surface area (Å²) in [7, 11) is 0. The van der Waals surface area contributed by atoms with Crippen molar-refractivity contribution in [1.29, 1.82) is 0 Å². The third-order valence-corrected chi connectivity index (χ3v) is 4.05. The first-order valence-corrected chi connectivity index (χ1v) is 7.11. The van der Waals surface area contributed by atoms with E-state index in [-0.39, 0.29) is 29.3 Å². The number of likely N-dealkylation sites (tertiary alicyclic amines) is 1. The highest BCUT2D eigenvalue weighted by Crippen LogP contribution is 2.41. The van der Waals surface area contributed by atoms with Gasteiger partial charge >= 0.3 is 0 Å². The molecule has 1 aromatic carbocycles. The van der Waals surface area contributed by atoms with Gasteiger partial charge in [0.25, 0.3) is 0 Å². The van der Waals surface area contributed by atoms with Crippen molar-refractivity contribution in [3.8, 4) is 0 Å². The van der Waals surface area contributed by atoms with E-state index in [0.717, 1.165) is 38.1 Å². The van der Waals surface area contributed by atoms with Crippen molar-refractivity contribution in [2.45, 2.75) is 19.3 Å². The van der Waals surface area contributed by atoms with Crippen molar-refractivity contribution in [3.05, 3.63) is 29.8 Å². The van der Waals surface area contributed by atoms with Gasteiger partial charge < -0.3 is 10.2 Å². The van der Waals surface area contributed by atoms with Crippen molar-refractivity contribution in [2.24, 2.45) is 11.8 Å². The molecule has 0 aromatic heterocycles. The molecule has 2 unspecified atom stereocenters. The Labute approximate surface area is 121 Å². The molecule has 2 atom stereocenters. The molecule has 1 aromatic rings. The Balaban J connectivity index is 1.57. The summed E-state index contributed by atoms with van der Waals surface area (Å²) < 4.78 is 25.9. The molecule has 21 heavy (non-hydrogen) atoms. The number of hydrogen-bond donors (Lipinski definition) is 1. The minimum absolute atomic E-state index is 0.0398.